The van der Waals surface area contributed by atoms with Gasteiger partial charge in [0.15, 0.2) is 0 Å². The molecule has 0 radical (unpaired) electrons. The first-order valence-corrected chi connectivity index (χ1v) is 8.08. The molecule has 3 rings (SSSR count). The van der Waals surface area contributed by atoms with Crippen LogP contribution < -0.4 is 4.74 Å². The molecule has 0 aliphatic carbocycles. The standard InChI is InChI=1S/C18H23N3O2/c1-13-10-17(20-19-13)15-4-3-9-21(12-15)18(22)11-14-5-7-16(23-2)8-6-14/h5-8,10,15H,3-4,9,11-12H2,1-2H3,(H,19,20)/t15-/m1/s1. The summed E-state index contributed by atoms with van der Waals surface area (Å²) < 4.78 is 5.15. The number of aryl methyl sites for hydroxylation is 1. The number of benzene rings is 1. The van der Waals surface area contributed by atoms with E-state index in [9.17, 15) is 4.79 Å². The molecule has 1 aromatic heterocycles. The van der Waals surface area contributed by atoms with Crippen LogP contribution in [0.2, 0.25) is 0 Å². The quantitative estimate of drug-likeness (QED) is 0.944. The first-order chi connectivity index (χ1) is 11.2. The van der Waals surface area contributed by atoms with E-state index in [0.717, 1.165) is 48.6 Å². The number of carbonyl (C=O) groups is 1. The molecule has 1 aliphatic heterocycles. The van der Waals surface area contributed by atoms with Gasteiger partial charge in [-0.25, -0.2) is 0 Å². The molecule has 1 N–H and O–H groups in total. The summed E-state index contributed by atoms with van der Waals surface area (Å²) in [4.78, 5) is 14.5. The average Bonchev–Trinajstić information content (AvgIpc) is 3.02. The number of carbonyl (C=O) groups excluding carboxylic acids is 1. The summed E-state index contributed by atoms with van der Waals surface area (Å²) in [5, 5.41) is 7.35. The molecule has 1 fully saturated rings. The molecule has 1 aromatic carbocycles. The first-order valence-electron chi connectivity index (χ1n) is 8.08. The second-order valence-corrected chi connectivity index (χ2v) is 6.18. The number of nitrogens with one attached hydrogen (secondary N) is 1. The molecule has 0 saturated carbocycles. The predicted octanol–water partition coefficient (Wildman–Crippen LogP) is 2.68. The van der Waals surface area contributed by atoms with Gasteiger partial charge >= 0.3 is 0 Å². The molecule has 1 saturated heterocycles. The van der Waals surface area contributed by atoms with Gasteiger partial charge in [-0.05, 0) is 43.5 Å². The van der Waals surface area contributed by atoms with Gasteiger partial charge in [0.2, 0.25) is 5.91 Å². The van der Waals surface area contributed by atoms with Crippen LogP contribution in [0.4, 0.5) is 0 Å². The van der Waals surface area contributed by atoms with Crippen molar-refractivity contribution in [2.75, 3.05) is 20.2 Å². The average molecular weight is 313 g/mol. The van der Waals surface area contributed by atoms with E-state index in [2.05, 4.69) is 16.3 Å². The number of hydrogen-bond donors (Lipinski definition) is 1. The van der Waals surface area contributed by atoms with Crippen molar-refractivity contribution < 1.29 is 9.53 Å². The largest absolute Gasteiger partial charge is 0.497 e. The molecule has 1 aliphatic rings. The highest BCUT2D eigenvalue weighted by Crippen LogP contribution is 2.26. The van der Waals surface area contributed by atoms with Crippen LogP contribution in [0.1, 0.15) is 35.7 Å². The van der Waals surface area contributed by atoms with E-state index in [1.807, 2.05) is 36.1 Å². The Kier molecular flexibility index (Phi) is 4.65. The maximum Gasteiger partial charge on any atom is 0.227 e. The minimum atomic E-state index is 0.187. The van der Waals surface area contributed by atoms with E-state index in [0.29, 0.717) is 12.3 Å². The number of rotatable bonds is 4. The SMILES string of the molecule is COc1ccc(CC(=O)N2CCC[C@@H](c3cc(C)[nH]n3)C2)cc1. The number of likely N-dealkylation sites (tertiary alicyclic amines) is 1. The maximum atomic E-state index is 12.6. The Labute approximate surface area is 136 Å². The predicted molar refractivity (Wildman–Crippen MR) is 88.6 cm³/mol. The molecule has 0 bridgehead atoms. The zero-order chi connectivity index (χ0) is 16.2. The summed E-state index contributed by atoms with van der Waals surface area (Å²) in [6.07, 6.45) is 2.57. The zero-order valence-corrected chi connectivity index (χ0v) is 13.7. The van der Waals surface area contributed by atoms with Gasteiger partial charge in [-0.2, -0.15) is 5.10 Å². The Hall–Kier alpha value is -2.30. The molecule has 5 heteroatoms. The Bertz CT molecular complexity index is 663. The van der Waals surface area contributed by atoms with Gasteiger partial charge in [0.25, 0.3) is 0 Å². The van der Waals surface area contributed by atoms with Crippen molar-refractivity contribution in [3.63, 3.8) is 0 Å². The smallest absolute Gasteiger partial charge is 0.227 e. The van der Waals surface area contributed by atoms with E-state index < -0.39 is 0 Å². The van der Waals surface area contributed by atoms with Crippen LogP contribution in [-0.2, 0) is 11.2 Å². The Morgan fingerprint density at radius 2 is 2.17 bits per heavy atom. The van der Waals surface area contributed by atoms with E-state index in [1.165, 1.54) is 0 Å². The summed E-state index contributed by atoms with van der Waals surface area (Å²) in [7, 11) is 1.64. The molecule has 5 nitrogen and oxygen atoms in total. The van der Waals surface area contributed by atoms with Gasteiger partial charge < -0.3 is 9.64 Å². The fraction of sp³-hybridized carbons (Fsp3) is 0.444. The molecule has 1 amide bonds. The number of H-pyrrole nitrogens is 1. The summed E-state index contributed by atoms with van der Waals surface area (Å²) in [6, 6.07) is 9.79. The molecule has 0 spiro atoms. The Morgan fingerprint density at radius 3 is 2.83 bits per heavy atom. The normalized spacial score (nSPS) is 18.0. The summed E-state index contributed by atoms with van der Waals surface area (Å²) in [5.74, 6) is 1.34. The van der Waals surface area contributed by atoms with Crippen molar-refractivity contribution in [2.45, 2.75) is 32.1 Å². The van der Waals surface area contributed by atoms with Gasteiger partial charge in [0.05, 0.1) is 19.2 Å². The molecular weight excluding hydrogens is 290 g/mol. The number of hydrogen-bond acceptors (Lipinski definition) is 3. The summed E-state index contributed by atoms with van der Waals surface area (Å²) in [5.41, 5.74) is 3.17. The van der Waals surface area contributed by atoms with Crippen LogP contribution in [-0.4, -0.2) is 41.2 Å². The van der Waals surface area contributed by atoms with Gasteiger partial charge in [-0.15, -0.1) is 0 Å². The fourth-order valence-electron chi connectivity index (χ4n) is 3.12. The minimum absolute atomic E-state index is 0.187. The van der Waals surface area contributed by atoms with Gasteiger partial charge in [0, 0.05) is 24.7 Å². The number of methoxy groups -OCH3 is 1. The van der Waals surface area contributed by atoms with Crippen LogP contribution in [0.3, 0.4) is 0 Å². The summed E-state index contributed by atoms with van der Waals surface area (Å²) in [6.45, 7) is 3.61. The van der Waals surface area contributed by atoms with Crippen LogP contribution in [0.15, 0.2) is 30.3 Å². The lowest BCUT2D eigenvalue weighted by molar-refractivity contribution is -0.131. The number of aromatic amines is 1. The monoisotopic (exact) mass is 313 g/mol. The van der Waals surface area contributed by atoms with Crippen molar-refractivity contribution in [3.05, 3.63) is 47.3 Å². The van der Waals surface area contributed by atoms with E-state index in [-0.39, 0.29) is 5.91 Å². The zero-order valence-electron chi connectivity index (χ0n) is 13.7. The molecule has 1 atom stereocenters. The highest BCUT2D eigenvalue weighted by molar-refractivity contribution is 5.79. The van der Waals surface area contributed by atoms with Crippen LogP contribution in [0.5, 0.6) is 5.75 Å². The van der Waals surface area contributed by atoms with Crippen molar-refractivity contribution in [1.29, 1.82) is 0 Å². The lowest BCUT2D eigenvalue weighted by Gasteiger charge is -2.32. The summed E-state index contributed by atoms with van der Waals surface area (Å²) >= 11 is 0. The van der Waals surface area contributed by atoms with Crippen molar-refractivity contribution in [3.8, 4) is 5.75 Å². The van der Waals surface area contributed by atoms with Gasteiger partial charge in [-0.3, -0.25) is 9.89 Å². The van der Waals surface area contributed by atoms with Crippen LogP contribution >= 0.6 is 0 Å². The van der Waals surface area contributed by atoms with E-state index in [4.69, 9.17) is 4.74 Å². The Balaban J connectivity index is 1.62. The topological polar surface area (TPSA) is 58.2 Å². The molecule has 2 heterocycles. The molecule has 2 aromatic rings. The third kappa shape index (κ3) is 3.73. The molecule has 122 valence electrons. The second-order valence-electron chi connectivity index (χ2n) is 6.18. The maximum absolute atomic E-state index is 12.6. The van der Waals surface area contributed by atoms with E-state index in [1.54, 1.807) is 7.11 Å². The van der Waals surface area contributed by atoms with Crippen molar-refractivity contribution in [2.24, 2.45) is 0 Å². The highest BCUT2D eigenvalue weighted by atomic mass is 16.5. The third-order valence-electron chi connectivity index (χ3n) is 4.43. The number of aromatic nitrogens is 2. The first kappa shape index (κ1) is 15.6. The van der Waals surface area contributed by atoms with Crippen LogP contribution in [0.25, 0.3) is 0 Å². The third-order valence-corrected chi connectivity index (χ3v) is 4.43. The number of ether oxygens (including phenoxy) is 1. The number of amides is 1. The number of piperidine rings is 1. The number of nitrogens with zero attached hydrogens (tertiary/aromatic N) is 2. The van der Waals surface area contributed by atoms with Gasteiger partial charge in [-0.1, -0.05) is 12.1 Å². The lowest BCUT2D eigenvalue weighted by Crippen LogP contribution is -2.40. The Morgan fingerprint density at radius 1 is 1.39 bits per heavy atom. The lowest BCUT2D eigenvalue weighted by atomic mass is 9.94. The van der Waals surface area contributed by atoms with E-state index >= 15 is 0 Å². The molecule has 23 heavy (non-hydrogen) atoms. The molecular formula is C18H23N3O2. The fourth-order valence-corrected chi connectivity index (χ4v) is 3.12. The van der Waals surface area contributed by atoms with Crippen molar-refractivity contribution >= 4 is 5.91 Å². The second kappa shape index (κ2) is 6.86. The van der Waals surface area contributed by atoms with Crippen molar-refractivity contribution in [1.82, 2.24) is 15.1 Å². The minimum Gasteiger partial charge on any atom is -0.497 e. The van der Waals surface area contributed by atoms with Gasteiger partial charge in [0.1, 0.15) is 5.75 Å². The van der Waals surface area contributed by atoms with Crippen LogP contribution in [0, 0.1) is 6.92 Å². The highest BCUT2D eigenvalue weighted by Gasteiger charge is 2.26. The molecule has 0 unspecified atom stereocenters.